The number of thioether (sulfide) groups is 1. The Kier molecular flexibility index (Phi) is 4.11. The molecule has 58 valence electrons. The van der Waals surface area contributed by atoms with Gasteiger partial charge in [-0.15, -0.1) is 0 Å². The van der Waals surface area contributed by atoms with Crippen LogP contribution >= 0.6 is 11.8 Å². The second kappa shape index (κ2) is 4.33. The van der Waals surface area contributed by atoms with Gasteiger partial charge in [-0.1, -0.05) is 11.8 Å². The highest BCUT2D eigenvalue weighted by atomic mass is 32.2. The van der Waals surface area contributed by atoms with Gasteiger partial charge in [0.05, 0.1) is 5.84 Å². The average molecular weight is 160 g/mol. The van der Waals surface area contributed by atoms with Crippen molar-refractivity contribution in [2.24, 2.45) is 10.7 Å². The summed E-state index contributed by atoms with van der Waals surface area (Å²) >= 11 is 1.17. The van der Waals surface area contributed by atoms with E-state index in [0.717, 1.165) is 0 Å². The SMILES string of the molecule is CSC(=O)C(C)N=C(C)N. The van der Waals surface area contributed by atoms with Crippen LogP contribution in [0.5, 0.6) is 0 Å². The molecule has 0 aromatic rings. The number of carbonyl (C=O) groups is 1. The van der Waals surface area contributed by atoms with E-state index in [2.05, 4.69) is 4.99 Å². The van der Waals surface area contributed by atoms with Gasteiger partial charge in [0, 0.05) is 0 Å². The molecule has 3 nitrogen and oxygen atoms in total. The number of nitrogens with zero attached hydrogens (tertiary/aromatic N) is 1. The number of rotatable bonds is 2. The smallest absolute Gasteiger partial charge is 0.212 e. The van der Waals surface area contributed by atoms with E-state index in [1.165, 1.54) is 11.8 Å². The van der Waals surface area contributed by atoms with Crippen LogP contribution in [0.3, 0.4) is 0 Å². The maximum Gasteiger partial charge on any atom is 0.212 e. The number of amidine groups is 1. The summed E-state index contributed by atoms with van der Waals surface area (Å²) in [6.45, 7) is 3.40. The molecule has 0 aliphatic heterocycles. The fraction of sp³-hybridized carbons (Fsp3) is 0.667. The topological polar surface area (TPSA) is 55.5 Å². The Morgan fingerprint density at radius 3 is 2.50 bits per heavy atom. The Labute approximate surface area is 65.1 Å². The highest BCUT2D eigenvalue weighted by Crippen LogP contribution is 2.02. The van der Waals surface area contributed by atoms with Crippen LogP contribution in [0.1, 0.15) is 13.8 Å². The quantitative estimate of drug-likeness (QED) is 0.476. The third-order valence-electron chi connectivity index (χ3n) is 0.940. The van der Waals surface area contributed by atoms with Crippen LogP contribution in [0.4, 0.5) is 0 Å². The number of aliphatic imine (C=N–C) groups is 1. The molecule has 0 aromatic heterocycles. The van der Waals surface area contributed by atoms with E-state index in [1.54, 1.807) is 20.1 Å². The summed E-state index contributed by atoms with van der Waals surface area (Å²) in [4.78, 5) is 14.7. The molecule has 0 rings (SSSR count). The van der Waals surface area contributed by atoms with Gasteiger partial charge in [0.15, 0.2) is 0 Å². The van der Waals surface area contributed by atoms with Gasteiger partial charge in [0.1, 0.15) is 6.04 Å². The summed E-state index contributed by atoms with van der Waals surface area (Å²) in [7, 11) is 0. The lowest BCUT2D eigenvalue weighted by Crippen LogP contribution is -2.16. The first-order valence-electron chi connectivity index (χ1n) is 2.95. The van der Waals surface area contributed by atoms with E-state index < -0.39 is 0 Å². The molecule has 0 bridgehead atoms. The standard InChI is InChI=1S/C6H12N2OS/c1-4(6(9)10-3)8-5(2)7/h4H,1-3H3,(H2,7,8). The molecule has 1 unspecified atom stereocenters. The molecule has 0 saturated heterocycles. The fourth-order valence-electron chi connectivity index (χ4n) is 0.529. The summed E-state index contributed by atoms with van der Waals surface area (Å²) < 4.78 is 0. The number of carbonyl (C=O) groups excluding carboxylic acids is 1. The molecule has 0 aliphatic carbocycles. The zero-order valence-electron chi connectivity index (χ0n) is 6.42. The van der Waals surface area contributed by atoms with Gasteiger partial charge in [0.25, 0.3) is 0 Å². The molecular weight excluding hydrogens is 148 g/mol. The normalized spacial score (nSPS) is 14.9. The minimum Gasteiger partial charge on any atom is -0.388 e. The summed E-state index contributed by atoms with van der Waals surface area (Å²) in [6.07, 6.45) is 1.74. The predicted molar refractivity (Wildman–Crippen MR) is 45.3 cm³/mol. The van der Waals surface area contributed by atoms with Gasteiger partial charge in [-0.2, -0.15) is 0 Å². The van der Waals surface area contributed by atoms with Crippen LogP contribution in [-0.2, 0) is 4.79 Å². The lowest BCUT2D eigenvalue weighted by atomic mass is 10.4. The van der Waals surface area contributed by atoms with Gasteiger partial charge in [-0.05, 0) is 20.1 Å². The molecule has 0 aromatic carbocycles. The molecule has 0 amide bonds. The largest absolute Gasteiger partial charge is 0.388 e. The van der Waals surface area contributed by atoms with Crippen molar-refractivity contribution < 1.29 is 4.79 Å². The number of nitrogens with two attached hydrogens (primary N) is 1. The monoisotopic (exact) mass is 160 g/mol. The van der Waals surface area contributed by atoms with E-state index >= 15 is 0 Å². The van der Waals surface area contributed by atoms with Crippen LogP contribution in [-0.4, -0.2) is 23.2 Å². The van der Waals surface area contributed by atoms with Gasteiger partial charge >= 0.3 is 0 Å². The van der Waals surface area contributed by atoms with Crippen LogP contribution in [0.25, 0.3) is 0 Å². The van der Waals surface area contributed by atoms with Crippen LogP contribution in [0.2, 0.25) is 0 Å². The van der Waals surface area contributed by atoms with Crippen LogP contribution in [0.15, 0.2) is 4.99 Å². The highest BCUT2D eigenvalue weighted by Gasteiger charge is 2.08. The van der Waals surface area contributed by atoms with E-state index in [1.807, 2.05) is 0 Å². The second-order valence-electron chi connectivity index (χ2n) is 1.97. The lowest BCUT2D eigenvalue weighted by molar-refractivity contribution is -0.111. The third kappa shape index (κ3) is 3.50. The summed E-state index contributed by atoms with van der Waals surface area (Å²) in [5, 5.41) is 0.0461. The number of hydrogen-bond donors (Lipinski definition) is 1. The Hall–Kier alpha value is -0.510. The molecule has 0 saturated carbocycles. The van der Waals surface area contributed by atoms with Crippen molar-refractivity contribution >= 4 is 22.7 Å². The second-order valence-corrected chi connectivity index (χ2v) is 2.78. The summed E-state index contributed by atoms with van der Waals surface area (Å²) in [5.74, 6) is 0.454. The van der Waals surface area contributed by atoms with Gasteiger partial charge < -0.3 is 5.73 Å². The maximum atomic E-state index is 10.8. The molecule has 0 heterocycles. The van der Waals surface area contributed by atoms with Crippen molar-refractivity contribution in [1.29, 1.82) is 0 Å². The zero-order chi connectivity index (χ0) is 8.15. The molecule has 0 radical (unpaired) electrons. The predicted octanol–water partition coefficient (Wildman–Crippen LogP) is 0.642. The molecular formula is C6H12N2OS. The molecule has 4 heteroatoms. The van der Waals surface area contributed by atoms with Crippen molar-refractivity contribution in [2.45, 2.75) is 19.9 Å². The van der Waals surface area contributed by atoms with Crippen molar-refractivity contribution in [3.05, 3.63) is 0 Å². The lowest BCUT2D eigenvalue weighted by Gasteiger charge is -2.01. The van der Waals surface area contributed by atoms with Crippen molar-refractivity contribution in [3.8, 4) is 0 Å². The maximum absolute atomic E-state index is 10.8. The molecule has 2 N–H and O–H groups in total. The van der Waals surface area contributed by atoms with Crippen LogP contribution < -0.4 is 5.73 Å². The molecule has 1 atom stereocenters. The van der Waals surface area contributed by atoms with Crippen molar-refractivity contribution in [1.82, 2.24) is 0 Å². The Morgan fingerprint density at radius 1 is 1.70 bits per heavy atom. The molecule has 0 fully saturated rings. The molecule has 10 heavy (non-hydrogen) atoms. The van der Waals surface area contributed by atoms with Gasteiger partial charge in [-0.25, -0.2) is 0 Å². The fourth-order valence-corrected chi connectivity index (χ4v) is 0.923. The molecule has 0 spiro atoms. The van der Waals surface area contributed by atoms with E-state index in [4.69, 9.17) is 5.73 Å². The summed E-state index contributed by atoms with van der Waals surface area (Å²) in [5.41, 5.74) is 5.27. The molecule has 0 aliphatic rings. The van der Waals surface area contributed by atoms with Gasteiger partial charge in [-0.3, -0.25) is 9.79 Å². The van der Waals surface area contributed by atoms with Crippen molar-refractivity contribution in [3.63, 3.8) is 0 Å². The first kappa shape index (κ1) is 9.49. The Morgan fingerprint density at radius 2 is 2.20 bits per heavy atom. The van der Waals surface area contributed by atoms with E-state index in [9.17, 15) is 4.79 Å². The zero-order valence-corrected chi connectivity index (χ0v) is 7.23. The number of hydrogen-bond acceptors (Lipinski definition) is 3. The van der Waals surface area contributed by atoms with Crippen molar-refractivity contribution in [2.75, 3.05) is 6.26 Å². The third-order valence-corrected chi connectivity index (χ3v) is 1.68. The van der Waals surface area contributed by atoms with Gasteiger partial charge in [0.2, 0.25) is 5.12 Å². The van der Waals surface area contributed by atoms with Crippen LogP contribution in [0, 0.1) is 0 Å². The van der Waals surface area contributed by atoms with E-state index in [-0.39, 0.29) is 11.2 Å². The highest BCUT2D eigenvalue weighted by molar-refractivity contribution is 8.13. The average Bonchev–Trinajstić information content (AvgIpc) is 1.85. The minimum absolute atomic E-state index is 0.0461. The Bertz CT molecular complexity index is 152. The first-order chi connectivity index (χ1) is 4.57. The first-order valence-corrected chi connectivity index (χ1v) is 4.18. The van der Waals surface area contributed by atoms with E-state index in [0.29, 0.717) is 5.84 Å². The Balaban J connectivity index is 3.96. The summed E-state index contributed by atoms with van der Waals surface area (Å²) in [6, 6.07) is -0.306. The minimum atomic E-state index is -0.306.